The molecule has 100 valence electrons. The van der Waals surface area contributed by atoms with E-state index in [1.54, 1.807) is 23.3 Å². The molecule has 5 heteroatoms. The lowest BCUT2D eigenvalue weighted by molar-refractivity contribution is -0.137. The molecule has 0 fully saturated rings. The van der Waals surface area contributed by atoms with E-state index in [4.69, 9.17) is 18.0 Å². The summed E-state index contributed by atoms with van der Waals surface area (Å²) >= 11 is 6.75. The van der Waals surface area contributed by atoms with E-state index in [0.29, 0.717) is 24.4 Å². The first-order valence-electron chi connectivity index (χ1n) is 6.05. The van der Waals surface area contributed by atoms with Crippen molar-refractivity contribution in [1.29, 1.82) is 0 Å². The molecule has 1 amide bonds. The monoisotopic (exact) mass is 284 g/mol. The van der Waals surface area contributed by atoms with E-state index < -0.39 is 5.41 Å². The summed E-state index contributed by atoms with van der Waals surface area (Å²) < 4.78 is 0. The van der Waals surface area contributed by atoms with Gasteiger partial charge in [0.25, 0.3) is 0 Å². The third-order valence-corrected chi connectivity index (χ3v) is 4.66. The van der Waals surface area contributed by atoms with Gasteiger partial charge in [-0.05, 0) is 24.3 Å². The molecule has 0 radical (unpaired) electrons. The molecule has 1 heterocycles. The summed E-state index contributed by atoms with van der Waals surface area (Å²) in [5, 5.41) is 2.01. The van der Waals surface area contributed by atoms with Gasteiger partial charge >= 0.3 is 0 Å². The second-order valence-electron chi connectivity index (χ2n) is 4.39. The highest BCUT2D eigenvalue weighted by molar-refractivity contribution is 7.80. The molecule has 0 aromatic carbocycles. The largest absolute Gasteiger partial charge is 0.392 e. The normalized spacial score (nSPS) is 11.3. The molecular weight excluding hydrogens is 264 g/mol. The Bertz CT molecular complexity index is 411. The summed E-state index contributed by atoms with van der Waals surface area (Å²) in [4.78, 5) is 15.7. The van der Waals surface area contributed by atoms with Crippen LogP contribution in [0.4, 0.5) is 0 Å². The summed E-state index contributed by atoms with van der Waals surface area (Å²) in [5.74, 6) is 0.0217. The maximum atomic E-state index is 12.6. The Morgan fingerprint density at radius 3 is 2.50 bits per heavy atom. The molecule has 0 saturated carbocycles. The summed E-state index contributed by atoms with van der Waals surface area (Å²) in [6.45, 7) is 4.53. The van der Waals surface area contributed by atoms with Crippen LogP contribution in [0.1, 0.15) is 31.6 Å². The Hall–Kier alpha value is -0.940. The quantitative estimate of drug-likeness (QED) is 0.817. The molecular formula is C13H20N2OS2. The van der Waals surface area contributed by atoms with Crippen LogP contribution in [-0.2, 0) is 11.3 Å². The second kappa shape index (κ2) is 6.29. The molecule has 0 spiro atoms. The molecule has 0 bridgehead atoms. The van der Waals surface area contributed by atoms with E-state index >= 15 is 0 Å². The van der Waals surface area contributed by atoms with E-state index in [-0.39, 0.29) is 5.91 Å². The molecule has 2 N–H and O–H groups in total. The average molecular weight is 284 g/mol. The van der Waals surface area contributed by atoms with Gasteiger partial charge in [-0.3, -0.25) is 4.79 Å². The summed E-state index contributed by atoms with van der Waals surface area (Å²) in [6, 6.07) is 4.01. The minimum atomic E-state index is -0.693. The predicted molar refractivity (Wildman–Crippen MR) is 80.6 cm³/mol. The number of carbonyl (C=O) groups excluding carboxylic acids is 1. The highest BCUT2D eigenvalue weighted by atomic mass is 32.1. The number of hydrogen-bond acceptors (Lipinski definition) is 3. The summed E-state index contributed by atoms with van der Waals surface area (Å²) in [5.41, 5.74) is 5.10. The van der Waals surface area contributed by atoms with Crippen LogP contribution in [0.2, 0.25) is 0 Å². The highest BCUT2D eigenvalue weighted by Crippen LogP contribution is 2.30. The molecule has 0 aliphatic carbocycles. The van der Waals surface area contributed by atoms with Crippen molar-refractivity contribution in [3.8, 4) is 0 Å². The number of nitrogens with two attached hydrogens (primary N) is 1. The van der Waals surface area contributed by atoms with Gasteiger partial charge in [-0.25, -0.2) is 0 Å². The predicted octanol–water partition coefficient (Wildman–Crippen LogP) is 2.80. The molecule has 0 saturated heterocycles. The molecule has 0 unspecified atom stereocenters. The van der Waals surface area contributed by atoms with Crippen LogP contribution in [0.5, 0.6) is 0 Å². The minimum absolute atomic E-state index is 0.0217. The van der Waals surface area contributed by atoms with Crippen LogP contribution >= 0.6 is 23.6 Å². The molecule has 0 atom stereocenters. The fraction of sp³-hybridized carbons (Fsp3) is 0.538. The first kappa shape index (κ1) is 15.1. The summed E-state index contributed by atoms with van der Waals surface area (Å²) in [6.07, 6.45) is 1.29. The van der Waals surface area contributed by atoms with Gasteiger partial charge in [-0.15, -0.1) is 11.3 Å². The van der Waals surface area contributed by atoms with Crippen LogP contribution in [-0.4, -0.2) is 22.8 Å². The standard InChI is InChI=1S/C13H20N2OS2/c1-4-13(5-2,11(14)17)12(16)15(3)9-10-7-6-8-18-10/h6-8H,4-5,9H2,1-3H3,(H2,14,17). The van der Waals surface area contributed by atoms with Crippen molar-refractivity contribution in [1.82, 2.24) is 4.90 Å². The highest BCUT2D eigenvalue weighted by Gasteiger charge is 2.39. The van der Waals surface area contributed by atoms with Gasteiger partial charge in [0, 0.05) is 11.9 Å². The van der Waals surface area contributed by atoms with Crippen LogP contribution in [0, 0.1) is 5.41 Å². The maximum absolute atomic E-state index is 12.6. The minimum Gasteiger partial charge on any atom is -0.392 e. The molecule has 1 rings (SSSR count). The fourth-order valence-electron chi connectivity index (χ4n) is 2.08. The van der Waals surface area contributed by atoms with E-state index in [1.807, 2.05) is 31.4 Å². The number of nitrogens with zero attached hydrogens (tertiary/aromatic N) is 1. The van der Waals surface area contributed by atoms with Crippen molar-refractivity contribution in [3.63, 3.8) is 0 Å². The van der Waals surface area contributed by atoms with Crippen LogP contribution in [0.15, 0.2) is 17.5 Å². The zero-order chi connectivity index (χ0) is 13.8. The van der Waals surface area contributed by atoms with Crippen LogP contribution in [0.3, 0.4) is 0 Å². The number of carbonyl (C=O) groups is 1. The maximum Gasteiger partial charge on any atom is 0.235 e. The Morgan fingerprint density at radius 2 is 2.11 bits per heavy atom. The average Bonchev–Trinajstić information content (AvgIpc) is 2.83. The smallest absolute Gasteiger partial charge is 0.235 e. The third kappa shape index (κ3) is 2.90. The van der Waals surface area contributed by atoms with E-state index in [2.05, 4.69) is 0 Å². The van der Waals surface area contributed by atoms with Gasteiger partial charge in [-0.2, -0.15) is 0 Å². The Balaban J connectivity index is 2.86. The number of thiophene rings is 1. The second-order valence-corrected chi connectivity index (χ2v) is 5.87. The van der Waals surface area contributed by atoms with Gasteiger partial charge in [-0.1, -0.05) is 32.1 Å². The van der Waals surface area contributed by atoms with E-state index in [1.165, 1.54) is 0 Å². The Labute approximate surface area is 118 Å². The van der Waals surface area contributed by atoms with Crippen molar-refractivity contribution in [3.05, 3.63) is 22.4 Å². The van der Waals surface area contributed by atoms with Gasteiger partial charge in [0.15, 0.2) is 0 Å². The van der Waals surface area contributed by atoms with E-state index in [9.17, 15) is 4.79 Å². The van der Waals surface area contributed by atoms with Crippen molar-refractivity contribution in [2.75, 3.05) is 7.05 Å². The van der Waals surface area contributed by atoms with Crippen molar-refractivity contribution in [2.45, 2.75) is 33.2 Å². The number of hydrogen-bond donors (Lipinski definition) is 1. The first-order chi connectivity index (χ1) is 8.47. The molecule has 3 nitrogen and oxygen atoms in total. The van der Waals surface area contributed by atoms with Gasteiger partial charge in [0.2, 0.25) is 5.91 Å². The van der Waals surface area contributed by atoms with Gasteiger partial charge in [0.05, 0.1) is 16.9 Å². The molecule has 0 aliphatic rings. The van der Waals surface area contributed by atoms with Gasteiger partial charge < -0.3 is 10.6 Å². The number of amides is 1. The van der Waals surface area contributed by atoms with Gasteiger partial charge in [0.1, 0.15) is 0 Å². The van der Waals surface area contributed by atoms with Crippen molar-refractivity contribution in [2.24, 2.45) is 11.1 Å². The van der Waals surface area contributed by atoms with Crippen LogP contribution < -0.4 is 5.73 Å². The molecule has 1 aromatic rings. The fourth-order valence-corrected chi connectivity index (χ4v) is 3.21. The Morgan fingerprint density at radius 1 is 1.50 bits per heavy atom. The zero-order valence-electron chi connectivity index (χ0n) is 11.1. The van der Waals surface area contributed by atoms with Crippen LogP contribution in [0.25, 0.3) is 0 Å². The lowest BCUT2D eigenvalue weighted by Crippen LogP contribution is -2.48. The number of rotatable bonds is 6. The lowest BCUT2D eigenvalue weighted by atomic mass is 9.81. The zero-order valence-corrected chi connectivity index (χ0v) is 12.7. The number of thiocarbonyl (C=S) groups is 1. The molecule has 0 aliphatic heterocycles. The molecule has 18 heavy (non-hydrogen) atoms. The van der Waals surface area contributed by atoms with Crippen molar-refractivity contribution >= 4 is 34.5 Å². The lowest BCUT2D eigenvalue weighted by Gasteiger charge is -2.33. The summed E-state index contributed by atoms with van der Waals surface area (Å²) in [7, 11) is 1.81. The van der Waals surface area contributed by atoms with E-state index in [0.717, 1.165) is 4.88 Å². The molecule has 1 aromatic heterocycles. The topological polar surface area (TPSA) is 46.3 Å². The van der Waals surface area contributed by atoms with Crippen molar-refractivity contribution < 1.29 is 4.79 Å². The Kier molecular flexibility index (Phi) is 5.28. The SMILES string of the molecule is CCC(CC)(C(=O)N(C)Cc1cccs1)C(N)=S. The third-order valence-electron chi connectivity index (χ3n) is 3.41. The first-order valence-corrected chi connectivity index (χ1v) is 7.34.